The van der Waals surface area contributed by atoms with Crippen molar-refractivity contribution in [2.45, 2.75) is 97.4 Å². The summed E-state index contributed by atoms with van der Waals surface area (Å²) < 4.78 is 16.6. The zero-order chi connectivity index (χ0) is 24.8. The van der Waals surface area contributed by atoms with Crippen LogP contribution in [-0.4, -0.2) is 54.1 Å². The second-order valence-corrected chi connectivity index (χ2v) is 16.1. The third-order valence-electron chi connectivity index (χ3n) is 5.44. The maximum absolute atomic E-state index is 13.4. The highest BCUT2D eigenvalue weighted by atomic mass is 28.3. The van der Waals surface area contributed by atoms with Gasteiger partial charge in [0.05, 0.1) is 17.7 Å². The smallest absolute Gasteiger partial charge is 0.418 e. The molecule has 0 radical (unpaired) electrons. The Morgan fingerprint density at radius 3 is 2.16 bits per heavy atom. The summed E-state index contributed by atoms with van der Waals surface area (Å²) in [4.78, 5) is 39.9. The fourth-order valence-electron chi connectivity index (χ4n) is 4.25. The molecule has 1 aromatic heterocycles. The van der Waals surface area contributed by atoms with E-state index in [0.29, 0.717) is 0 Å². The number of esters is 2. The van der Waals surface area contributed by atoms with Crippen molar-refractivity contribution in [1.82, 2.24) is 4.90 Å². The predicted octanol–water partition coefficient (Wildman–Crippen LogP) is 2.72. The van der Waals surface area contributed by atoms with Crippen LogP contribution in [0.15, 0.2) is 16.7 Å². The highest BCUT2D eigenvalue weighted by Crippen LogP contribution is 2.47. The van der Waals surface area contributed by atoms with Gasteiger partial charge in [-0.1, -0.05) is 33.5 Å². The number of ether oxygens (including phenoxy) is 2. The number of rotatable bonds is 6. The minimum Gasteiger partial charge on any atom is -0.474 e. The minimum absolute atomic E-state index is 0.122. The van der Waals surface area contributed by atoms with Crippen molar-refractivity contribution in [2.24, 2.45) is 11.7 Å². The summed E-state index contributed by atoms with van der Waals surface area (Å²) >= 11 is 0. The average Bonchev–Trinajstić information content (AvgIpc) is 3.09. The number of hydrogen-bond donors (Lipinski definition) is 1. The largest absolute Gasteiger partial charge is 0.474 e. The van der Waals surface area contributed by atoms with Gasteiger partial charge in [-0.2, -0.15) is 0 Å². The molecule has 0 unspecified atom stereocenters. The van der Waals surface area contributed by atoms with Gasteiger partial charge in [-0.3, -0.25) is 4.79 Å². The Morgan fingerprint density at radius 2 is 1.72 bits per heavy atom. The molecule has 2 heterocycles. The maximum Gasteiger partial charge on any atom is 0.418 e. The Bertz CT molecular complexity index is 880. The maximum atomic E-state index is 13.4. The molecule has 0 aromatic carbocycles. The lowest BCUT2D eigenvalue weighted by Gasteiger charge is -2.58. The van der Waals surface area contributed by atoms with Crippen LogP contribution < -0.4 is 11.1 Å². The molecule has 1 aromatic rings. The van der Waals surface area contributed by atoms with Crippen LogP contribution in [0, 0.1) is 5.92 Å². The molecular formula is C23H38N2O6Si. The van der Waals surface area contributed by atoms with Gasteiger partial charge in [-0.25, -0.2) is 9.59 Å². The molecule has 0 aliphatic carbocycles. The summed E-state index contributed by atoms with van der Waals surface area (Å²) in [5.41, 5.74) is 5.24. The van der Waals surface area contributed by atoms with E-state index < -0.39 is 43.3 Å². The molecular weight excluding hydrogens is 428 g/mol. The van der Waals surface area contributed by atoms with Crippen LogP contribution >= 0.6 is 0 Å². The minimum atomic E-state index is -1.90. The van der Waals surface area contributed by atoms with E-state index in [1.165, 1.54) is 0 Å². The zero-order valence-electron chi connectivity index (χ0n) is 20.9. The number of likely N-dealkylation sites (tertiary alicyclic amines) is 1. The standard InChI is InChI=1S/C23H38N2O6Si/c1-13(2)17(30-18(26)19(27)31-22(5,6)7)23(24)16(25(14(3)4)21(23)28)15-11-12-29-20(15)32(8,9)10/h11-14,16-17H,24H2,1-10H3/t16-,17-,23+/m0/s1. The summed E-state index contributed by atoms with van der Waals surface area (Å²) in [6.45, 7) is 18.9. The number of nitrogens with zero attached hydrogens (tertiary/aromatic N) is 1. The highest BCUT2D eigenvalue weighted by molar-refractivity contribution is 6.88. The first-order chi connectivity index (χ1) is 14.4. The second kappa shape index (κ2) is 8.66. The molecule has 1 aliphatic rings. The number of carbonyl (C=O) groups excluding carboxylic acids is 3. The van der Waals surface area contributed by atoms with Crippen molar-refractivity contribution in [2.75, 3.05) is 0 Å². The molecule has 2 N–H and O–H groups in total. The molecule has 32 heavy (non-hydrogen) atoms. The molecule has 1 aliphatic heterocycles. The molecule has 8 nitrogen and oxygen atoms in total. The molecule has 0 spiro atoms. The Balaban J connectivity index is 2.50. The van der Waals surface area contributed by atoms with E-state index in [-0.39, 0.29) is 17.9 Å². The van der Waals surface area contributed by atoms with Gasteiger partial charge in [0.15, 0.2) is 5.54 Å². The third-order valence-corrected chi connectivity index (χ3v) is 7.21. The Hall–Kier alpha value is -2.13. The van der Waals surface area contributed by atoms with Crippen molar-refractivity contribution in [1.29, 1.82) is 0 Å². The zero-order valence-corrected chi connectivity index (χ0v) is 21.9. The van der Waals surface area contributed by atoms with Crippen molar-refractivity contribution in [3.63, 3.8) is 0 Å². The van der Waals surface area contributed by atoms with Crippen molar-refractivity contribution in [3.05, 3.63) is 17.9 Å². The van der Waals surface area contributed by atoms with Crippen LogP contribution in [0.5, 0.6) is 0 Å². The van der Waals surface area contributed by atoms with Crippen molar-refractivity contribution >= 4 is 31.3 Å². The van der Waals surface area contributed by atoms with Gasteiger partial charge < -0.3 is 24.5 Å². The van der Waals surface area contributed by atoms with Gasteiger partial charge in [0.25, 0.3) is 0 Å². The summed E-state index contributed by atoms with van der Waals surface area (Å²) in [5.74, 6) is -2.91. The number of nitrogens with two attached hydrogens (primary N) is 1. The number of hydrogen-bond acceptors (Lipinski definition) is 7. The SMILES string of the molecule is CC(C)[C@H](OC(=O)C(=O)OC(C)(C)C)[C@@]1(N)C(=O)N(C(C)C)[C@H]1c1ccoc1[Si](C)(C)C. The van der Waals surface area contributed by atoms with Crippen LogP contribution in [0.2, 0.25) is 19.6 Å². The van der Waals surface area contributed by atoms with E-state index in [1.807, 2.05) is 19.9 Å². The lowest BCUT2D eigenvalue weighted by molar-refractivity contribution is -0.194. The van der Waals surface area contributed by atoms with Crippen LogP contribution in [0.1, 0.15) is 60.1 Å². The van der Waals surface area contributed by atoms with Gasteiger partial charge >= 0.3 is 11.9 Å². The molecule has 1 fully saturated rings. The summed E-state index contributed by atoms with van der Waals surface area (Å²) in [7, 11) is -1.90. The Labute approximate surface area is 191 Å². The molecule has 1 saturated heterocycles. The number of carbonyl (C=O) groups is 3. The molecule has 180 valence electrons. The molecule has 0 bridgehead atoms. The summed E-state index contributed by atoms with van der Waals surface area (Å²) in [6, 6.07) is 1.17. The van der Waals surface area contributed by atoms with E-state index in [9.17, 15) is 14.4 Å². The van der Waals surface area contributed by atoms with Crippen molar-refractivity contribution < 1.29 is 28.3 Å². The number of furan rings is 1. The summed E-state index contributed by atoms with van der Waals surface area (Å²) in [5, 5.41) is 0.844. The van der Waals surface area contributed by atoms with E-state index in [2.05, 4.69) is 19.6 Å². The molecule has 0 saturated carbocycles. The van der Waals surface area contributed by atoms with Gasteiger partial charge in [0, 0.05) is 11.6 Å². The lowest BCUT2D eigenvalue weighted by atomic mass is 9.69. The topological polar surface area (TPSA) is 112 Å². The Morgan fingerprint density at radius 1 is 1.16 bits per heavy atom. The molecule has 2 rings (SSSR count). The van der Waals surface area contributed by atoms with Gasteiger partial charge in [0.2, 0.25) is 5.91 Å². The first-order valence-electron chi connectivity index (χ1n) is 11.1. The lowest BCUT2D eigenvalue weighted by Crippen LogP contribution is -2.80. The summed E-state index contributed by atoms with van der Waals surface area (Å²) in [6.07, 6.45) is 0.584. The number of amides is 1. The second-order valence-electron chi connectivity index (χ2n) is 11.2. The van der Waals surface area contributed by atoms with E-state index in [4.69, 9.17) is 19.6 Å². The monoisotopic (exact) mass is 466 g/mol. The molecule has 9 heteroatoms. The molecule has 1 amide bonds. The normalized spacial score (nSPS) is 22.7. The van der Waals surface area contributed by atoms with Gasteiger partial charge in [0.1, 0.15) is 19.8 Å². The van der Waals surface area contributed by atoms with Crippen LogP contribution in [-0.2, 0) is 23.9 Å². The quantitative estimate of drug-likeness (QED) is 0.297. The van der Waals surface area contributed by atoms with Gasteiger partial charge in [-0.15, -0.1) is 0 Å². The number of β-lactam (4-membered cyclic amide) rings is 1. The first-order valence-corrected chi connectivity index (χ1v) is 14.6. The van der Waals surface area contributed by atoms with E-state index in [0.717, 1.165) is 10.9 Å². The van der Waals surface area contributed by atoms with Crippen LogP contribution in [0.25, 0.3) is 0 Å². The van der Waals surface area contributed by atoms with Crippen molar-refractivity contribution in [3.8, 4) is 0 Å². The molecule has 3 atom stereocenters. The van der Waals surface area contributed by atoms with E-state index >= 15 is 0 Å². The predicted molar refractivity (Wildman–Crippen MR) is 124 cm³/mol. The Kier molecular flexibility index (Phi) is 7.07. The fraction of sp³-hybridized carbons (Fsp3) is 0.696. The van der Waals surface area contributed by atoms with E-state index in [1.54, 1.807) is 45.8 Å². The first kappa shape index (κ1) is 26.1. The van der Waals surface area contributed by atoms with Crippen LogP contribution in [0.4, 0.5) is 0 Å². The van der Waals surface area contributed by atoms with Crippen LogP contribution in [0.3, 0.4) is 0 Å². The fourth-order valence-corrected chi connectivity index (χ4v) is 5.76. The average molecular weight is 467 g/mol. The third kappa shape index (κ3) is 4.78. The van der Waals surface area contributed by atoms with Gasteiger partial charge in [-0.05, 0) is 46.6 Å². The highest BCUT2D eigenvalue weighted by Gasteiger charge is 2.66.